The zero-order chi connectivity index (χ0) is 16.5. The molecule has 0 spiro atoms. The Morgan fingerprint density at radius 2 is 2.17 bits per heavy atom. The lowest BCUT2D eigenvalue weighted by atomic mass is 9.98. The van der Waals surface area contributed by atoms with Gasteiger partial charge in [-0.1, -0.05) is 30.3 Å². The Balaban J connectivity index is 1.59. The lowest BCUT2D eigenvalue weighted by Gasteiger charge is -2.41. The summed E-state index contributed by atoms with van der Waals surface area (Å²) in [6.45, 7) is 2.77. The molecule has 0 bridgehead atoms. The monoisotopic (exact) mass is 326 g/mol. The third-order valence-corrected chi connectivity index (χ3v) is 5.01. The highest BCUT2D eigenvalue weighted by Crippen LogP contribution is 2.30. The van der Waals surface area contributed by atoms with Crippen molar-refractivity contribution in [1.29, 1.82) is 0 Å². The summed E-state index contributed by atoms with van der Waals surface area (Å²) in [5, 5.41) is 5.51. The van der Waals surface area contributed by atoms with Crippen molar-refractivity contribution in [2.45, 2.75) is 25.1 Å². The van der Waals surface area contributed by atoms with Crippen LogP contribution in [0.25, 0.3) is 10.8 Å². The van der Waals surface area contributed by atoms with Gasteiger partial charge in [-0.25, -0.2) is 0 Å². The number of amides is 1. The van der Waals surface area contributed by atoms with Gasteiger partial charge >= 0.3 is 0 Å². The SMILES string of the molecule is COc1ccc2ccccc2c1CN1CC[C@H]2OCC(=O)N[C@H]2C1. The molecule has 2 aromatic rings. The Morgan fingerprint density at radius 3 is 3.04 bits per heavy atom. The first kappa shape index (κ1) is 15.4. The van der Waals surface area contributed by atoms with Crippen LogP contribution in [0.2, 0.25) is 0 Å². The topological polar surface area (TPSA) is 50.8 Å². The molecule has 4 rings (SSSR count). The molecule has 5 nitrogen and oxygen atoms in total. The maximum absolute atomic E-state index is 11.6. The molecule has 0 aromatic heterocycles. The molecule has 0 aliphatic carbocycles. The second kappa shape index (κ2) is 6.42. The Hall–Kier alpha value is -2.11. The van der Waals surface area contributed by atoms with Crippen LogP contribution >= 0.6 is 0 Å². The molecule has 2 aromatic carbocycles. The van der Waals surface area contributed by atoms with Gasteiger partial charge in [0.25, 0.3) is 0 Å². The van der Waals surface area contributed by atoms with Crippen LogP contribution in [0.15, 0.2) is 36.4 Å². The maximum Gasteiger partial charge on any atom is 0.246 e. The van der Waals surface area contributed by atoms with Crippen molar-refractivity contribution in [3.63, 3.8) is 0 Å². The van der Waals surface area contributed by atoms with E-state index in [-0.39, 0.29) is 24.7 Å². The second-order valence-electron chi connectivity index (χ2n) is 6.51. The van der Waals surface area contributed by atoms with E-state index in [1.54, 1.807) is 7.11 Å². The number of ether oxygens (including phenoxy) is 2. The van der Waals surface area contributed by atoms with Gasteiger partial charge in [0.2, 0.25) is 5.91 Å². The zero-order valence-electron chi connectivity index (χ0n) is 13.8. The smallest absolute Gasteiger partial charge is 0.246 e. The van der Waals surface area contributed by atoms with Gasteiger partial charge in [0.15, 0.2) is 0 Å². The minimum absolute atomic E-state index is 0.0131. The third-order valence-electron chi connectivity index (χ3n) is 5.01. The number of methoxy groups -OCH3 is 1. The van der Waals surface area contributed by atoms with E-state index in [4.69, 9.17) is 9.47 Å². The molecule has 2 atom stereocenters. The third kappa shape index (κ3) is 2.85. The molecular weight excluding hydrogens is 304 g/mol. The highest BCUT2D eigenvalue weighted by atomic mass is 16.5. The standard InChI is InChI=1S/C19H22N2O3/c1-23-17-7-6-13-4-2-3-5-14(13)15(17)10-21-9-8-18-16(11-21)20-19(22)12-24-18/h2-7,16,18H,8-12H2,1H3,(H,20,22)/t16-,18+/m0/s1. The van der Waals surface area contributed by atoms with E-state index < -0.39 is 0 Å². The van der Waals surface area contributed by atoms with E-state index in [9.17, 15) is 4.79 Å². The maximum atomic E-state index is 11.6. The molecule has 2 aliphatic heterocycles. The van der Waals surface area contributed by atoms with Crippen LogP contribution in [-0.4, -0.2) is 49.8 Å². The molecule has 0 radical (unpaired) electrons. The molecule has 2 fully saturated rings. The summed E-state index contributed by atoms with van der Waals surface area (Å²) < 4.78 is 11.2. The van der Waals surface area contributed by atoms with Crippen LogP contribution in [0, 0.1) is 0 Å². The summed E-state index contributed by atoms with van der Waals surface area (Å²) in [6.07, 6.45) is 1.09. The molecule has 0 saturated carbocycles. The van der Waals surface area contributed by atoms with Gasteiger partial charge in [-0.15, -0.1) is 0 Å². The number of piperidine rings is 1. The van der Waals surface area contributed by atoms with Crippen molar-refractivity contribution < 1.29 is 14.3 Å². The first-order valence-electron chi connectivity index (χ1n) is 8.42. The van der Waals surface area contributed by atoms with Gasteiger partial charge < -0.3 is 14.8 Å². The van der Waals surface area contributed by atoms with E-state index in [1.807, 2.05) is 6.07 Å². The summed E-state index contributed by atoms with van der Waals surface area (Å²) in [5.74, 6) is 0.903. The molecule has 2 heterocycles. The largest absolute Gasteiger partial charge is 0.496 e. The first-order valence-corrected chi connectivity index (χ1v) is 8.42. The fourth-order valence-corrected chi connectivity index (χ4v) is 3.80. The predicted molar refractivity (Wildman–Crippen MR) is 92.1 cm³/mol. The van der Waals surface area contributed by atoms with Gasteiger partial charge in [0.05, 0.1) is 19.3 Å². The molecule has 0 unspecified atom stereocenters. The fraction of sp³-hybridized carbons (Fsp3) is 0.421. The van der Waals surface area contributed by atoms with Crippen molar-refractivity contribution >= 4 is 16.7 Å². The summed E-state index contributed by atoms with van der Waals surface area (Å²) in [5.41, 5.74) is 1.21. The molecular formula is C19H22N2O3. The zero-order valence-corrected chi connectivity index (χ0v) is 13.8. The molecule has 2 aliphatic rings. The summed E-state index contributed by atoms with van der Waals surface area (Å²) in [7, 11) is 1.72. The number of hydrogen-bond donors (Lipinski definition) is 1. The Labute approximate surface area is 141 Å². The highest BCUT2D eigenvalue weighted by Gasteiger charge is 2.34. The van der Waals surface area contributed by atoms with E-state index in [2.05, 4.69) is 40.5 Å². The lowest BCUT2D eigenvalue weighted by molar-refractivity contribution is -0.140. The first-order chi connectivity index (χ1) is 11.7. The van der Waals surface area contributed by atoms with Crippen molar-refractivity contribution in [3.05, 3.63) is 42.0 Å². The van der Waals surface area contributed by atoms with Crippen molar-refractivity contribution in [1.82, 2.24) is 10.2 Å². The average molecular weight is 326 g/mol. The molecule has 126 valence electrons. The Bertz CT molecular complexity index is 761. The van der Waals surface area contributed by atoms with Crippen LogP contribution < -0.4 is 10.1 Å². The van der Waals surface area contributed by atoms with Crippen LogP contribution in [0.3, 0.4) is 0 Å². The summed E-state index contributed by atoms with van der Waals surface area (Å²) >= 11 is 0. The van der Waals surface area contributed by atoms with E-state index in [0.29, 0.717) is 0 Å². The van der Waals surface area contributed by atoms with E-state index in [1.165, 1.54) is 16.3 Å². The van der Waals surface area contributed by atoms with Crippen molar-refractivity contribution in [3.8, 4) is 5.75 Å². The van der Waals surface area contributed by atoms with Crippen LogP contribution in [-0.2, 0) is 16.1 Å². The van der Waals surface area contributed by atoms with Gasteiger partial charge in [0.1, 0.15) is 12.4 Å². The molecule has 24 heavy (non-hydrogen) atoms. The number of likely N-dealkylation sites (tertiary alicyclic amines) is 1. The van der Waals surface area contributed by atoms with E-state index >= 15 is 0 Å². The van der Waals surface area contributed by atoms with Crippen LogP contribution in [0.4, 0.5) is 0 Å². The fourth-order valence-electron chi connectivity index (χ4n) is 3.80. The summed E-state index contributed by atoms with van der Waals surface area (Å²) in [4.78, 5) is 14.0. The predicted octanol–water partition coefficient (Wildman–Crippen LogP) is 1.94. The van der Waals surface area contributed by atoms with Crippen LogP contribution in [0.1, 0.15) is 12.0 Å². The number of benzene rings is 2. The number of rotatable bonds is 3. The van der Waals surface area contributed by atoms with Crippen molar-refractivity contribution in [2.75, 3.05) is 26.8 Å². The number of hydrogen-bond acceptors (Lipinski definition) is 4. The van der Waals surface area contributed by atoms with Crippen LogP contribution in [0.5, 0.6) is 5.75 Å². The van der Waals surface area contributed by atoms with Gasteiger partial charge in [-0.05, 0) is 23.3 Å². The minimum Gasteiger partial charge on any atom is -0.496 e. The van der Waals surface area contributed by atoms with Crippen molar-refractivity contribution in [2.24, 2.45) is 0 Å². The highest BCUT2D eigenvalue weighted by molar-refractivity contribution is 5.87. The quantitative estimate of drug-likeness (QED) is 0.936. The number of fused-ring (bicyclic) bond motifs is 2. The average Bonchev–Trinajstić information content (AvgIpc) is 2.61. The number of carbonyl (C=O) groups is 1. The normalized spacial score (nSPS) is 24.5. The van der Waals surface area contributed by atoms with Gasteiger partial charge in [0, 0.05) is 25.2 Å². The Kier molecular flexibility index (Phi) is 4.12. The number of nitrogens with zero attached hydrogens (tertiary/aromatic N) is 1. The lowest BCUT2D eigenvalue weighted by Crippen LogP contribution is -2.60. The van der Waals surface area contributed by atoms with Gasteiger partial charge in [-0.3, -0.25) is 9.69 Å². The Morgan fingerprint density at radius 1 is 1.29 bits per heavy atom. The van der Waals surface area contributed by atoms with E-state index in [0.717, 1.165) is 31.8 Å². The molecule has 1 N–H and O–H groups in total. The summed E-state index contributed by atoms with van der Waals surface area (Å²) in [6, 6.07) is 12.6. The molecule has 2 saturated heterocycles. The minimum atomic E-state index is -0.0131. The second-order valence-corrected chi connectivity index (χ2v) is 6.51. The molecule has 1 amide bonds. The van der Waals surface area contributed by atoms with Gasteiger partial charge in [-0.2, -0.15) is 0 Å². The number of carbonyl (C=O) groups excluding carboxylic acids is 1. The molecule has 5 heteroatoms. The number of nitrogens with one attached hydrogen (secondary N) is 1. The number of morpholine rings is 1.